The molecule has 0 aliphatic rings. The summed E-state index contributed by atoms with van der Waals surface area (Å²) in [5.41, 5.74) is 1.12. The summed E-state index contributed by atoms with van der Waals surface area (Å²) in [4.78, 5) is 24.8. The van der Waals surface area contributed by atoms with Crippen molar-refractivity contribution in [3.05, 3.63) is 87.9 Å². The zero-order valence-electron chi connectivity index (χ0n) is 15.8. The van der Waals surface area contributed by atoms with Crippen LogP contribution in [0, 0.1) is 5.82 Å². The number of nitrogens with one attached hydrogen (secondary N) is 1. The van der Waals surface area contributed by atoms with E-state index in [0.29, 0.717) is 35.1 Å². The first-order valence-corrected chi connectivity index (χ1v) is 9.66. The first kappa shape index (κ1) is 19.8. The number of hydrogen-bond donors (Lipinski definition) is 1. The molecule has 0 unspecified atom stereocenters. The molecular formula is C21H17ClFN5O2. The summed E-state index contributed by atoms with van der Waals surface area (Å²) in [6.07, 6.45) is 4.62. The lowest BCUT2D eigenvalue weighted by Gasteiger charge is -2.07. The second-order valence-corrected chi connectivity index (χ2v) is 7.10. The average Bonchev–Trinajstić information content (AvgIpc) is 3.15. The summed E-state index contributed by atoms with van der Waals surface area (Å²) in [7, 11) is 0. The van der Waals surface area contributed by atoms with Gasteiger partial charge >= 0.3 is 5.56 Å². The van der Waals surface area contributed by atoms with Gasteiger partial charge < -0.3 is 5.32 Å². The molecule has 7 nitrogen and oxygen atoms in total. The second-order valence-electron chi connectivity index (χ2n) is 6.67. The van der Waals surface area contributed by atoms with Crippen LogP contribution in [0.3, 0.4) is 0 Å². The summed E-state index contributed by atoms with van der Waals surface area (Å²) < 4.78 is 16.0. The first-order chi connectivity index (χ1) is 14.5. The Labute approximate surface area is 175 Å². The number of hydrogen-bond acceptors (Lipinski definition) is 4. The van der Waals surface area contributed by atoms with Crippen molar-refractivity contribution < 1.29 is 9.18 Å². The zero-order chi connectivity index (χ0) is 21.1. The number of carbonyl (C=O) groups is 1. The van der Waals surface area contributed by atoms with Crippen LogP contribution in [-0.4, -0.2) is 25.1 Å². The number of nitrogens with zero attached hydrogens (tertiary/aromatic N) is 4. The van der Waals surface area contributed by atoms with Crippen LogP contribution in [0.2, 0.25) is 5.02 Å². The molecule has 4 rings (SSSR count). The number of anilines is 1. The number of amides is 1. The van der Waals surface area contributed by atoms with Crippen molar-refractivity contribution in [1.29, 1.82) is 0 Å². The molecule has 1 amide bonds. The molecule has 0 bridgehead atoms. The lowest BCUT2D eigenvalue weighted by Crippen LogP contribution is -2.20. The standard InChI is InChI=1S/C21H17ClFN5O2/c22-14-4-10-17(11-5-14)27-12-13-28-18(25-26-20(28)21(27)30)2-1-3-19(29)24-16-8-6-15(23)7-9-16/h4-13H,1-3H2,(H,24,29). The van der Waals surface area contributed by atoms with Crippen LogP contribution in [-0.2, 0) is 11.2 Å². The van der Waals surface area contributed by atoms with Crippen LogP contribution < -0.4 is 10.9 Å². The Kier molecular flexibility index (Phi) is 5.58. The Bertz CT molecular complexity index is 1250. The Morgan fingerprint density at radius 2 is 1.77 bits per heavy atom. The van der Waals surface area contributed by atoms with Crippen LogP contribution in [0.1, 0.15) is 18.7 Å². The topological polar surface area (TPSA) is 81.3 Å². The fourth-order valence-electron chi connectivity index (χ4n) is 3.07. The lowest BCUT2D eigenvalue weighted by atomic mass is 10.2. The van der Waals surface area contributed by atoms with E-state index in [4.69, 9.17) is 11.6 Å². The van der Waals surface area contributed by atoms with E-state index in [1.54, 1.807) is 41.1 Å². The summed E-state index contributed by atoms with van der Waals surface area (Å²) in [5, 5.41) is 11.4. The van der Waals surface area contributed by atoms with E-state index >= 15 is 0 Å². The van der Waals surface area contributed by atoms with Gasteiger partial charge in [0.1, 0.15) is 11.6 Å². The molecule has 30 heavy (non-hydrogen) atoms. The Morgan fingerprint density at radius 3 is 2.50 bits per heavy atom. The summed E-state index contributed by atoms with van der Waals surface area (Å²) in [5.74, 6) is 0.0577. The molecule has 2 aromatic carbocycles. The SMILES string of the molecule is O=C(CCCc1nnc2c(=O)n(-c3ccc(Cl)cc3)ccn12)Nc1ccc(F)cc1. The van der Waals surface area contributed by atoms with Gasteiger partial charge in [-0.25, -0.2) is 4.39 Å². The predicted octanol–water partition coefficient (Wildman–Crippen LogP) is 3.63. The number of halogens is 2. The molecule has 0 atom stereocenters. The van der Waals surface area contributed by atoms with Crippen molar-refractivity contribution >= 4 is 28.8 Å². The first-order valence-electron chi connectivity index (χ1n) is 9.28. The monoisotopic (exact) mass is 425 g/mol. The van der Waals surface area contributed by atoms with Crippen LogP contribution in [0.5, 0.6) is 0 Å². The minimum absolute atomic E-state index is 0.180. The van der Waals surface area contributed by atoms with E-state index in [1.165, 1.54) is 28.8 Å². The van der Waals surface area contributed by atoms with Crippen LogP contribution in [0.4, 0.5) is 10.1 Å². The van der Waals surface area contributed by atoms with E-state index < -0.39 is 0 Å². The number of carbonyl (C=O) groups excluding carboxylic acids is 1. The maximum Gasteiger partial charge on any atom is 0.300 e. The molecule has 0 fully saturated rings. The van der Waals surface area contributed by atoms with Crippen molar-refractivity contribution in [3.8, 4) is 5.69 Å². The molecule has 0 saturated heterocycles. The second kappa shape index (κ2) is 8.46. The largest absolute Gasteiger partial charge is 0.326 e. The van der Waals surface area contributed by atoms with Gasteiger partial charge in [-0.3, -0.25) is 18.6 Å². The third-order valence-electron chi connectivity index (χ3n) is 4.58. The molecule has 1 N–H and O–H groups in total. The quantitative estimate of drug-likeness (QED) is 0.511. The molecule has 0 aliphatic carbocycles. The average molecular weight is 426 g/mol. The minimum atomic E-state index is -0.359. The number of aromatic nitrogens is 4. The van der Waals surface area contributed by atoms with Gasteiger partial charge in [-0.1, -0.05) is 11.6 Å². The predicted molar refractivity (Wildman–Crippen MR) is 112 cm³/mol. The molecule has 9 heteroatoms. The van der Waals surface area contributed by atoms with E-state index in [-0.39, 0.29) is 29.4 Å². The molecule has 0 radical (unpaired) electrons. The molecule has 2 heterocycles. The summed E-state index contributed by atoms with van der Waals surface area (Å²) >= 11 is 5.90. The highest BCUT2D eigenvalue weighted by Gasteiger charge is 2.12. The van der Waals surface area contributed by atoms with Crippen LogP contribution in [0.25, 0.3) is 11.3 Å². The van der Waals surface area contributed by atoms with Gasteiger partial charge in [-0.2, -0.15) is 0 Å². The highest BCUT2D eigenvalue weighted by atomic mass is 35.5. The molecule has 2 aromatic heterocycles. The normalized spacial score (nSPS) is 11.0. The van der Waals surface area contributed by atoms with Crippen LogP contribution >= 0.6 is 11.6 Å². The number of rotatable bonds is 6. The van der Waals surface area contributed by atoms with Gasteiger partial charge in [0.2, 0.25) is 11.6 Å². The lowest BCUT2D eigenvalue weighted by molar-refractivity contribution is -0.116. The van der Waals surface area contributed by atoms with Crippen molar-refractivity contribution in [1.82, 2.24) is 19.2 Å². The van der Waals surface area contributed by atoms with E-state index in [1.807, 2.05) is 0 Å². The Morgan fingerprint density at radius 1 is 1.03 bits per heavy atom. The fourth-order valence-corrected chi connectivity index (χ4v) is 3.20. The molecular weight excluding hydrogens is 409 g/mol. The zero-order valence-corrected chi connectivity index (χ0v) is 16.5. The van der Waals surface area contributed by atoms with E-state index in [9.17, 15) is 14.0 Å². The van der Waals surface area contributed by atoms with Gasteiger partial charge in [0, 0.05) is 41.6 Å². The van der Waals surface area contributed by atoms with Gasteiger partial charge in [0.05, 0.1) is 0 Å². The highest BCUT2D eigenvalue weighted by Crippen LogP contribution is 2.13. The molecule has 0 aliphatic heterocycles. The molecule has 0 saturated carbocycles. The maximum absolute atomic E-state index is 12.9. The number of fused-ring (bicyclic) bond motifs is 1. The molecule has 4 aromatic rings. The van der Waals surface area contributed by atoms with E-state index in [2.05, 4.69) is 15.5 Å². The van der Waals surface area contributed by atoms with Gasteiger partial charge in [-0.15, -0.1) is 10.2 Å². The minimum Gasteiger partial charge on any atom is -0.326 e. The van der Waals surface area contributed by atoms with Gasteiger partial charge in [0.15, 0.2) is 0 Å². The highest BCUT2D eigenvalue weighted by molar-refractivity contribution is 6.30. The summed E-state index contributed by atoms with van der Waals surface area (Å²) in [6, 6.07) is 12.5. The third kappa shape index (κ3) is 4.23. The number of aryl methyl sites for hydroxylation is 1. The van der Waals surface area contributed by atoms with Gasteiger partial charge in [-0.05, 0) is 55.0 Å². The fraction of sp³-hybridized carbons (Fsp3) is 0.143. The Hall–Kier alpha value is -3.52. The van der Waals surface area contributed by atoms with Crippen LogP contribution in [0.15, 0.2) is 65.7 Å². The smallest absolute Gasteiger partial charge is 0.300 e. The van der Waals surface area contributed by atoms with Crippen molar-refractivity contribution in [2.75, 3.05) is 5.32 Å². The maximum atomic E-state index is 12.9. The number of benzene rings is 2. The van der Waals surface area contributed by atoms with Crippen molar-refractivity contribution in [2.24, 2.45) is 0 Å². The summed E-state index contributed by atoms with van der Waals surface area (Å²) in [6.45, 7) is 0. The van der Waals surface area contributed by atoms with E-state index in [0.717, 1.165) is 0 Å². The Balaban J connectivity index is 1.43. The molecule has 152 valence electrons. The molecule has 0 spiro atoms. The van der Waals surface area contributed by atoms with Gasteiger partial charge in [0.25, 0.3) is 0 Å². The van der Waals surface area contributed by atoms with Crippen molar-refractivity contribution in [3.63, 3.8) is 0 Å². The van der Waals surface area contributed by atoms with Crippen molar-refractivity contribution in [2.45, 2.75) is 19.3 Å². The third-order valence-corrected chi connectivity index (χ3v) is 4.83.